The summed E-state index contributed by atoms with van der Waals surface area (Å²) in [4.78, 5) is 13.9. The normalized spacial score (nSPS) is 24.7. The standard InChI is InChI=1S/C15H30N2O2/c1-4-15(16-3,14(18)19)9-6-11-17-10-5-7-13(2)8-12-17/h13,16H,4-12H2,1-3H3,(H,18,19). The van der Waals surface area contributed by atoms with Gasteiger partial charge in [-0.1, -0.05) is 13.8 Å². The summed E-state index contributed by atoms with van der Waals surface area (Å²) in [5.41, 5.74) is -0.737. The van der Waals surface area contributed by atoms with Crippen molar-refractivity contribution in [2.75, 3.05) is 26.7 Å². The lowest BCUT2D eigenvalue weighted by molar-refractivity contribution is -0.145. The number of aliphatic carboxylic acids is 1. The SMILES string of the molecule is CCC(CCCN1CCCC(C)CC1)(NC)C(=O)O. The summed E-state index contributed by atoms with van der Waals surface area (Å²) >= 11 is 0. The van der Waals surface area contributed by atoms with E-state index in [1.54, 1.807) is 7.05 Å². The minimum atomic E-state index is -0.737. The highest BCUT2D eigenvalue weighted by Crippen LogP contribution is 2.20. The summed E-state index contributed by atoms with van der Waals surface area (Å²) in [5, 5.41) is 12.4. The molecule has 1 saturated heterocycles. The van der Waals surface area contributed by atoms with Crippen LogP contribution in [0.1, 0.15) is 52.4 Å². The minimum absolute atomic E-state index is 0.635. The second-order valence-electron chi connectivity index (χ2n) is 5.97. The number of likely N-dealkylation sites (tertiary alicyclic amines) is 1. The van der Waals surface area contributed by atoms with Gasteiger partial charge in [0.2, 0.25) is 0 Å². The van der Waals surface area contributed by atoms with E-state index in [0.29, 0.717) is 12.8 Å². The van der Waals surface area contributed by atoms with Crippen LogP contribution in [0.15, 0.2) is 0 Å². The second-order valence-corrected chi connectivity index (χ2v) is 5.97. The minimum Gasteiger partial charge on any atom is -0.480 e. The van der Waals surface area contributed by atoms with Crippen molar-refractivity contribution >= 4 is 5.97 Å². The molecule has 2 atom stereocenters. The number of nitrogens with one attached hydrogen (secondary N) is 1. The number of hydrogen-bond acceptors (Lipinski definition) is 3. The molecule has 0 bridgehead atoms. The van der Waals surface area contributed by atoms with Crippen molar-refractivity contribution in [3.63, 3.8) is 0 Å². The van der Waals surface area contributed by atoms with E-state index in [2.05, 4.69) is 17.1 Å². The molecule has 0 aliphatic carbocycles. The van der Waals surface area contributed by atoms with Crippen molar-refractivity contribution in [2.45, 2.75) is 57.9 Å². The maximum absolute atomic E-state index is 11.4. The van der Waals surface area contributed by atoms with Crippen LogP contribution >= 0.6 is 0 Å². The van der Waals surface area contributed by atoms with E-state index in [1.165, 1.54) is 32.4 Å². The van der Waals surface area contributed by atoms with Crippen molar-refractivity contribution in [2.24, 2.45) is 5.92 Å². The number of hydrogen-bond donors (Lipinski definition) is 2. The molecule has 0 radical (unpaired) electrons. The zero-order valence-electron chi connectivity index (χ0n) is 12.7. The molecule has 4 heteroatoms. The highest BCUT2D eigenvalue weighted by Gasteiger charge is 2.34. The van der Waals surface area contributed by atoms with Gasteiger partial charge in [0.25, 0.3) is 0 Å². The zero-order chi connectivity index (χ0) is 14.3. The van der Waals surface area contributed by atoms with Gasteiger partial charge < -0.3 is 15.3 Å². The molecule has 1 aliphatic rings. The molecule has 4 nitrogen and oxygen atoms in total. The third kappa shape index (κ3) is 4.77. The Morgan fingerprint density at radius 2 is 2.16 bits per heavy atom. The molecule has 2 unspecified atom stereocenters. The first-order chi connectivity index (χ1) is 9.04. The van der Waals surface area contributed by atoms with Gasteiger partial charge in [-0.3, -0.25) is 4.79 Å². The number of nitrogens with zero attached hydrogens (tertiary/aromatic N) is 1. The quantitative estimate of drug-likeness (QED) is 0.745. The number of rotatable bonds is 7. The molecule has 1 rings (SSSR count). The Morgan fingerprint density at radius 1 is 1.42 bits per heavy atom. The summed E-state index contributed by atoms with van der Waals surface area (Å²) < 4.78 is 0. The lowest BCUT2D eigenvalue weighted by Crippen LogP contribution is -2.50. The molecule has 19 heavy (non-hydrogen) atoms. The lowest BCUT2D eigenvalue weighted by Gasteiger charge is -2.29. The number of carboxylic acids is 1. The van der Waals surface area contributed by atoms with E-state index < -0.39 is 11.5 Å². The van der Waals surface area contributed by atoms with Crippen LogP contribution in [0.3, 0.4) is 0 Å². The highest BCUT2D eigenvalue weighted by atomic mass is 16.4. The Kier molecular flexibility index (Phi) is 6.80. The summed E-state index contributed by atoms with van der Waals surface area (Å²) in [6.45, 7) is 7.65. The van der Waals surface area contributed by atoms with Crippen LogP contribution in [0.5, 0.6) is 0 Å². The molecule has 0 amide bonds. The zero-order valence-corrected chi connectivity index (χ0v) is 12.7. The van der Waals surface area contributed by atoms with Gasteiger partial charge in [-0.05, 0) is 71.1 Å². The average Bonchev–Trinajstić information content (AvgIpc) is 2.60. The van der Waals surface area contributed by atoms with Gasteiger partial charge >= 0.3 is 5.97 Å². The van der Waals surface area contributed by atoms with E-state index in [1.807, 2.05) is 6.92 Å². The van der Waals surface area contributed by atoms with Crippen molar-refractivity contribution in [1.29, 1.82) is 0 Å². The molecule has 1 fully saturated rings. The Morgan fingerprint density at radius 3 is 2.74 bits per heavy atom. The van der Waals surface area contributed by atoms with E-state index in [0.717, 1.165) is 18.9 Å². The maximum atomic E-state index is 11.4. The van der Waals surface area contributed by atoms with Crippen molar-refractivity contribution < 1.29 is 9.90 Å². The van der Waals surface area contributed by atoms with Gasteiger partial charge in [-0.25, -0.2) is 0 Å². The van der Waals surface area contributed by atoms with Gasteiger partial charge in [0.15, 0.2) is 0 Å². The largest absolute Gasteiger partial charge is 0.480 e. The van der Waals surface area contributed by atoms with Crippen molar-refractivity contribution in [3.05, 3.63) is 0 Å². The summed E-state index contributed by atoms with van der Waals surface area (Å²) in [6.07, 6.45) is 6.20. The van der Waals surface area contributed by atoms with Gasteiger partial charge in [-0.2, -0.15) is 0 Å². The fourth-order valence-corrected chi connectivity index (χ4v) is 2.99. The Balaban J connectivity index is 2.37. The molecule has 2 N–H and O–H groups in total. The molecular weight excluding hydrogens is 240 g/mol. The summed E-state index contributed by atoms with van der Waals surface area (Å²) in [5.74, 6) is 0.123. The first kappa shape index (κ1) is 16.4. The molecule has 0 aromatic carbocycles. The third-order valence-electron chi connectivity index (χ3n) is 4.68. The van der Waals surface area contributed by atoms with Gasteiger partial charge in [0, 0.05) is 0 Å². The Bertz CT molecular complexity index is 277. The van der Waals surface area contributed by atoms with Crippen LogP contribution in [-0.4, -0.2) is 48.2 Å². The topological polar surface area (TPSA) is 52.6 Å². The van der Waals surface area contributed by atoms with Gasteiger partial charge in [0.1, 0.15) is 5.54 Å². The molecule has 0 saturated carbocycles. The van der Waals surface area contributed by atoms with Crippen LogP contribution in [0, 0.1) is 5.92 Å². The maximum Gasteiger partial charge on any atom is 0.323 e. The predicted octanol–water partition coefficient (Wildman–Crippen LogP) is 2.34. The first-order valence-corrected chi connectivity index (χ1v) is 7.68. The molecule has 0 aromatic heterocycles. The smallest absolute Gasteiger partial charge is 0.323 e. The van der Waals surface area contributed by atoms with E-state index in [4.69, 9.17) is 0 Å². The Labute approximate surface area is 117 Å². The van der Waals surface area contributed by atoms with Crippen LogP contribution in [-0.2, 0) is 4.79 Å². The van der Waals surface area contributed by atoms with Crippen molar-refractivity contribution in [1.82, 2.24) is 10.2 Å². The number of carbonyl (C=O) groups is 1. The highest BCUT2D eigenvalue weighted by molar-refractivity contribution is 5.78. The van der Waals surface area contributed by atoms with E-state index in [-0.39, 0.29) is 0 Å². The van der Waals surface area contributed by atoms with Crippen LogP contribution < -0.4 is 5.32 Å². The number of likely N-dealkylation sites (N-methyl/N-ethyl adjacent to an activating group) is 1. The molecule has 1 heterocycles. The second kappa shape index (κ2) is 7.85. The summed E-state index contributed by atoms with van der Waals surface area (Å²) in [6, 6.07) is 0. The molecular formula is C15H30N2O2. The first-order valence-electron chi connectivity index (χ1n) is 7.68. The Hall–Kier alpha value is -0.610. The van der Waals surface area contributed by atoms with Gasteiger partial charge in [0.05, 0.1) is 0 Å². The molecule has 0 spiro atoms. The average molecular weight is 270 g/mol. The monoisotopic (exact) mass is 270 g/mol. The third-order valence-corrected chi connectivity index (χ3v) is 4.68. The predicted molar refractivity (Wildman–Crippen MR) is 78.4 cm³/mol. The van der Waals surface area contributed by atoms with E-state index in [9.17, 15) is 9.90 Å². The molecule has 112 valence electrons. The van der Waals surface area contributed by atoms with Gasteiger partial charge in [-0.15, -0.1) is 0 Å². The number of carboxylic acid groups (broad SMARTS) is 1. The fraction of sp³-hybridized carbons (Fsp3) is 0.933. The molecule has 1 aliphatic heterocycles. The molecule has 0 aromatic rings. The van der Waals surface area contributed by atoms with Crippen LogP contribution in [0.4, 0.5) is 0 Å². The fourth-order valence-electron chi connectivity index (χ4n) is 2.99. The summed E-state index contributed by atoms with van der Waals surface area (Å²) in [7, 11) is 1.76. The van der Waals surface area contributed by atoms with Crippen molar-refractivity contribution in [3.8, 4) is 0 Å². The van der Waals surface area contributed by atoms with E-state index >= 15 is 0 Å². The van der Waals surface area contributed by atoms with Crippen LogP contribution in [0.2, 0.25) is 0 Å². The van der Waals surface area contributed by atoms with Crippen LogP contribution in [0.25, 0.3) is 0 Å². The lowest BCUT2D eigenvalue weighted by atomic mass is 9.90.